The molecule has 1 fully saturated rings. The summed E-state index contributed by atoms with van der Waals surface area (Å²) >= 11 is 0. The topological polar surface area (TPSA) is 42.0 Å². The van der Waals surface area contributed by atoms with E-state index in [1.807, 2.05) is 18.2 Å². The summed E-state index contributed by atoms with van der Waals surface area (Å²) in [6.45, 7) is 6.76. The Labute approximate surface area is 132 Å². The van der Waals surface area contributed by atoms with E-state index in [4.69, 9.17) is 0 Å². The van der Waals surface area contributed by atoms with Crippen molar-refractivity contribution >= 4 is 11.4 Å². The summed E-state index contributed by atoms with van der Waals surface area (Å²) in [6, 6.07) is 4.47. The lowest BCUT2D eigenvalue weighted by molar-refractivity contribution is -0.120. The number of rotatable bonds is 6. The fourth-order valence-corrected chi connectivity index (χ4v) is 2.66. The van der Waals surface area contributed by atoms with Crippen LogP contribution in [0, 0.1) is 0 Å². The molecule has 22 heavy (non-hydrogen) atoms. The molecule has 0 aliphatic heterocycles. The highest BCUT2D eigenvalue weighted by atomic mass is 16.1. The number of carbonyl (C=O) groups excluding carboxylic acids is 1. The van der Waals surface area contributed by atoms with Gasteiger partial charge in [0, 0.05) is 37.8 Å². The van der Waals surface area contributed by atoms with Gasteiger partial charge in [-0.25, -0.2) is 0 Å². The van der Waals surface area contributed by atoms with Crippen LogP contribution in [0.2, 0.25) is 0 Å². The molecule has 1 N–H and O–H groups in total. The number of aromatic nitrogens is 1. The predicted octanol–water partition coefficient (Wildman–Crippen LogP) is 3.70. The highest BCUT2D eigenvalue weighted by molar-refractivity contribution is 5.79. The molecular weight excluding hydrogens is 272 g/mol. The number of nitrogens with one attached hydrogen (secondary N) is 1. The maximum atomic E-state index is 11.3. The summed E-state index contributed by atoms with van der Waals surface area (Å²) in [5.74, 6) is 0.402. The Morgan fingerprint density at radius 3 is 2.68 bits per heavy atom. The average Bonchev–Trinajstić information content (AvgIpc) is 2.55. The van der Waals surface area contributed by atoms with Gasteiger partial charge in [-0.05, 0) is 43.0 Å². The minimum absolute atomic E-state index is 0.402. The molecule has 0 amide bonds. The van der Waals surface area contributed by atoms with Gasteiger partial charge in [0.25, 0.3) is 0 Å². The maximum absolute atomic E-state index is 11.3. The Kier molecular flexibility index (Phi) is 6.28. The quantitative estimate of drug-likeness (QED) is 0.814. The summed E-state index contributed by atoms with van der Waals surface area (Å²) in [7, 11) is 0. The van der Waals surface area contributed by atoms with Crippen molar-refractivity contribution in [2.45, 2.75) is 38.6 Å². The third-order valence-corrected chi connectivity index (χ3v) is 3.93. The summed E-state index contributed by atoms with van der Waals surface area (Å²) in [5.41, 5.74) is 3.54. The number of hydrogen-bond donors (Lipinski definition) is 1. The number of Topliss-reactive ketones (excluding diaryl/α,β-unsaturated/α-hetero) is 1. The monoisotopic (exact) mass is 296 g/mol. The molecule has 116 valence electrons. The van der Waals surface area contributed by atoms with Gasteiger partial charge in [-0.3, -0.25) is 9.78 Å². The van der Waals surface area contributed by atoms with E-state index < -0.39 is 0 Å². The molecule has 3 heteroatoms. The largest absolute Gasteiger partial charge is 0.310 e. The Bertz CT molecular complexity index is 562. The second-order valence-electron chi connectivity index (χ2n) is 5.78. The van der Waals surface area contributed by atoms with E-state index in [1.54, 1.807) is 18.5 Å². The van der Waals surface area contributed by atoms with Crippen molar-refractivity contribution in [1.82, 2.24) is 10.3 Å². The van der Waals surface area contributed by atoms with Gasteiger partial charge >= 0.3 is 0 Å². The summed E-state index contributed by atoms with van der Waals surface area (Å²) in [4.78, 5) is 15.3. The Balaban J connectivity index is 1.95. The highest BCUT2D eigenvalue weighted by Crippen LogP contribution is 2.18. The molecule has 1 aromatic rings. The Hall–Kier alpha value is -2.00. The van der Waals surface area contributed by atoms with Crippen LogP contribution in [-0.4, -0.2) is 23.4 Å². The van der Waals surface area contributed by atoms with Crippen LogP contribution >= 0.6 is 0 Å². The zero-order chi connectivity index (χ0) is 15.8. The van der Waals surface area contributed by atoms with Gasteiger partial charge in [0.05, 0.1) is 0 Å². The number of hydrogen-bond acceptors (Lipinski definition) is 3. The molecule has 0 aromatic carbocycles. The van der Waals surface area contributed by atoms with Crippen molar-refractivity contribution in [1.29, 1.82) is 0 Å². The lowest BCUT2D eigenvalue weighted by Crippen LogP contribution is -2.34. The smallest absolute Gasteiger partial charge is 0.133 e. The molecule has 0 bridgehead atoms. The average molecular weight is 296 g/mol. The van der Waals surface area contributed by atoms with Gasteiger partial charge in [-0.1, -0.05) is 30.4 Å². The van der Waals surface area contributed by atoms with Crippen LogP contribution in [0.1, 0.15) is 38.2 Å². The molecule has 0 saturated heterocycles. The molecule has 1 aliphatic carbocycles. The fourth-order valence-electron chi connectivity index (χ4n) is 2.66. The van der Waals surface area contributed by atoms with E-state index in [1.165, 1.54) is 5.57 Å². The molecule has 0 unspecified atom stereocenters. The van der Waals surface area contributed by atoms with Gasteiger partial charge in [0.2, 0.25) is 0 Å². The van der Waals surface area contributed by atoms with Gasteiger partial charge in [-0.2, -0.15) is 0 Å². The molecule has 1 aromatic heterocycles. The van der Waals surface area contributed by atoms with Crippen molar-refractivity contribution in [2.75, 3.05) is 6.54 Å². The molecular formula is C19H24N2O. The minimum Gasteiger partial charge on any atom is -0.310 e. The SMILES string of the molecule is C=C/C=C(\C=C(/C)CNC1CCC(=O)CC1)c1ccncc1. The lowest BCUT2D eigenvalue weighted by atomic mass is 9.94. The van der Waals surface area contributed by atoms with Crippen molar-refractivity contribution in [3.8, 4) is 0 Å². The minimum atomic E-state index is 0.402. The van der Waals surface area contributed by atoms with Gasteiger partial charge in [-0.15, -0.1) is 0 Å². The first kappa shape index (κ1) is 16.4. The van der Waals surface area contributed by atoms with E-state index in [0.717, 1.165) is 43.4 Å². The number of carbonyl (C=O) groups is 1. The number of ketones is 1. The first-order chi connectivity index (χ1) is 10.7. The molecule has 1 aliphatic rings. The van der Waals surface area contributed by atoms with Crippen LogP contribution in [-0.2, 0) is 4.79 Å². The maximum Gasteiger partial charge on any atom is 0.133 e. The lowest BCUT2D eigenvalue weighted by Gasteiger charge is -2.22. The molecule has 0 atom stereocenters. The third-order valence-electron chi connectivity index (χ3n) is 3.93. The first-order valence-corrected chi connectivity index (χ1v) is 7.84. The zero-order valence-electron chi connectivity index (χ0n) is 13.2. The standard InChI is InChI=1S/C19H24N2O/c1-3-4-17(16-9-11-20-12-10-16)13-15(2)14-21-18-5-7-19(22)8-6-18/h3-4,9-13,18,21H,1,5-8,14H2,2H3/b15-13+,17-4+. The zero-order valence-corrected chi connectivity index (χ0v) is 13.2. The van der Waals surface area contributed by atoms with E-state index in [0.29, 0.717) is 11.8 Å². The van der Waals surface area contributed by atoms with Crippen molar-refractivity contribution < 1.29 is 4.79 Å². The van der Waals surface area contributed by atoms with E-state index in [9.17, 15) is 4.79 Å². The Morgan fingerprint density at radius 1 is 1.36 bits per heavy atom. The van der Waals surface area contributed by atoms with Crippen LogP contribution < -0.4 is 5.32 Å². The van der Waals surface area contributed by atoms with Gasteiger partial charge < -0.3 is 5.32 Å². The second kappa shape index (κ2) is 8.44. The molecule has 1 heterocycles. The van der Waals surface area contributed by atoms with E-state index >= 15 is 0 Å². The molecule has 3 nitrogen and oxygen atoms in total. The fraction of sp³-hybridized carbons (Fsp3) is 0.368. The van der Waals surface area contributed by atoms with Crippen LogP contribution in [0.25, 0.3) is 5.57 Å². The van der Waals surface area contributed by atoms with Crippen LogP contribution in [0.3, 0.4) is 0 Å². The number of pyridine rings is 1. The molecule has 1 saturated carbocycles. The normalized spacial score (nSPS) is 17.6. The van der Waals surface area contributed by atoms with Gasteiger partial charge in [0.1, 0.15) is 5.78 Å². The van der Waals surface area contributed by atoms with Crippen LogP contribution in [0.4, 0.5) is 0 Å². The van der Waals surface area contributed by atoms with E-state index in [2.05, 4.69) is 29.9 Å². The van der Waals surface area contributed by atoms with Crippen molar-refractivity contribution in [2.24, 2.45) is 0 Å². The molecule has 0 spiro atoms. The van der Waals surface area contributed by atoms with E-state index in [-0.39, 0.29) is 0 Å². The predicted molar refractivity (Wildman–Crippen MR) is 91.4 cm³/mol. The third kappa shape index (κ3) is 5.08. The molecule has 2 rings (SSSR count). The van der Waals surface area contributed by atoms with Gasteiger partial charge in [0.15, 0.2) is 0 Å². The Morgan fingerprint density at radius 2 is 2.05 bits per heavy atom. The first-order valence-electron chi connectivity index (χ1n) is 7.84. The summed E-state index contributed by atoms with van der Waals surface area (Å²) in [5, 5.41) is 3.55. The van der Waals surface area contributed by atoms with Crippen LogP contribution in [0.5, 0.6) is 0 Å². The summed E-state index contributed by atoms with van der Waals surface area (Å²) < 4.78 is 0. The number of allylic oxidation sites excluding steroid dienone is 4. The number of nitrogens with zero attached hydrogens (tertiary/aromatic N) is 1. The molecule has 0 radical (unpaired) electrons. The second-order valence-corrected chi connectivity index (χ2v) is 5.78. The van der Waals surface area contributed by atoms with Crippen molar-refractivity contribution in [3.63, 3.8) is 0 Å². The van der Waals surface area contributed by atoms with Crippen molar-refractivity contribution in [3.05, 3.63) is 60.5 Å². The highest BCUT2D eigenvalue weighted by Gasteiger charge is 2.17. The summed E-state index contributed by atoms with van der Waals surface area (Å²) in [6.07, 6.45) is 13.0. The van der Waals surface area contributed by atoms with Crippen LogP contribution in [0.15, 0.2) is 54.9 Å².